The van der Waals surface area contributed by atoms with E-state index in [9.17, 15) is 0 Å². The van der Waals surface area contributed by atoms with Gasteiger partial charge in [-0.1, -0.05) is 25.2 Å². The average molecular weight is 194 g/mol. The fraction of sp³-hybridized carbons (Fsp3) is 0.692. The number of rotatable bonds is 5. The van der Waals surface area contributed by atoms with E-state index in [1.54, 1.807) is 0 Å². The molecule has 14 heavy (non-hydrogen) atoms. The molecule has 0 radical (unpaired) electrons. The van der Waals surface area contributed by atoms with E-state index >= 15 is 0 Å². The summed E-state index contributed by atoms with van der Waals surface area (Å²) in [6.07, 6.45) is 5.48. The second-order valence-corrected chi connectivity index (χ2v) is 4.70. The molecule has 0 aromatic heterocycles. The molecule has 0 aromatic carbocycles. The van der Waals surface area contributed by atoms with Gasteiger partial charge in [0.15, 0.2) is 0 Å². The van der Waals surface area contributed by atoms with Gasteiger partial charge < -0.3 is 4.74 Å². The molecule has 1 heteroatoms. The molecular formula is C13H22O. The summed E-state index contributed by atoms with van der Waals surface area (Å²) < 4.78 is 5.58. The normalized spacial score (nSPS) is 26.9. The molecule has 1 fully saturated rings. The van der Waals surface area contributed by atoms with Crippen molar-refractivity contribution in [3.63, 3.8) is 0 Å². The van der Waals surface area contributed by atoms with Crippen molar-refractivity contribution < 1.29 is 4.74 Å². The summed E-state index contributed by atoms with van der Waals surface area (Å²) in [5.41, 5.74) is 2.58. The van der Waals surface area contributed by atoms with Crippen LogP contribution in [0.1, 0.15) is 40.5 Å². The predicted octanol–water partition coefficient (Wildman–Crippen LogP) is 3.71. The van der Waals surface area contributed by atoms with Gasteiger partial charge in [0.25, 0.3) is 0 Å². The molecule has 1 heterocycles. The smallest absolute Gasteiger partial charge is 0.105 e. The van der Waals surface area contributed by atoms with Crippen LogP contribution in [0.25, 0.3) is 0 Å². The topological polar surface area (TPSA) is 12.5 Å². The molecule has 80 valence electrons. The van der Waals surface area contributed by atoms with Gasteiger partial charge in [0.2, 0.25) is 0 Å². The molecule has 1 saturated heterocycles. The van der Waals surface area contributed by atoms with Gasteiger partial charge in [0.1, 0.15) is 6.10 Å². The van der Waals surface area contributed by atoms with Crippen LogP contribution in [0.2, 0.25) is 0 Å². The summed E-state index contributed by atoms with van der Waals surface area (Å²) in [6, 6.07) is 0. The highest BCUT2D eigenvalue weighted by Gasteiger charge is 2.42. The van der Waals surface area contributed by atoms with Gasteiger partial charge in [-0.3, -0.25) is 0 Å². The lowest BCUT2D eigenvalue weighted by Gasteiger charge is -2.05. The molecule has 1 nitrogen and oxygen atoms in total. The summed E-state index contributed by atoms with van der Waals surface area (Å²) in [5, 5.41) is 0. The zero-order chi connectivity index (χ0) is 10.7. The molecule has 1 aliphatic rings. The fourth-order valence-electron chi connectivity index (χ4n) is 1.75. The first-order chi connectivity index (χ1) is 6.52. The van der Waals surface area contributed by atoms with Crippen molar-refractivity contribution >= 4 is 0 Å². The molecule has 1 unspecified atom stereocenters. The Bertz CT molecular complexity index is 236. The second-order valence-electron chi connectivity index (χ2n) is 4.70. The highest BCUT2D eigenvalue weighted by molar-refractivity contribution is 5.11. The van der Waals surface area contributed by atoms with Crippen molar-refractivity contribution in [2.75, 3.05) is 0 Å². The fourth-order valence-corrected chi connectivity index (χ4v) is 1.75. The van der Waals surface area contributed by atoms with Crippen LogP contribution in [0, 0.1) is 5.92 Å². The second kappa shape index (κ2) is 4.79. The molecule has 0 amide bonds. The Morgan fingerprint density at radius 2 is 2.07 bits per heavy atom. The van der Waals surface area contributed by atoms with Gasteiger partial charge in [-0.2, -0.15) is 0 Å². The van der Waals surface area contributed by atoms with Crippen molar-refractivity contribution in [3.05, 3.63) is 23.8 Å². The standard InChI is InChI=1S/C13H22O/c1-9(2)7-6-8-11(5)13-12(14-13)10(3)4/h7,11-13H,3,6,8H2,1-2,4-5H3/t11?,12-,13+/m1/s1. The van der Waals surface area contributed by atoms with Gasteiger partial charge in [-0.25, -0.2) is 0 Å². The lowest BCUT2D eigenvalue weighted by atomic mass is 9.97. The zero-order valence-electron chi connectivity index (χ0n) is 9.84. The van der Waals surface area contributed by atoms with E-state index in [1.807, 2.05) is 6.92 Å². The Balaban J connectivity index is 2.21. The number of ether oxygens (including phenoxy) is 1. The number of hydrogen-bond donors (Lipinski definition) is 0. The highest BCUT2D eigenvalue weighted by atomic mass is 16.6. The van der Waals surface area contributed by atoms with Crippen molar-refractivity contribution in [2.45, 2.75) is 52.7 Å². The van der Waals surface area contributed by atoms with Crippen LogP contribution in [-0.4, -0.2) is 12.2 Å². The van der Waals surface area contributed by atoms with Crippen molar-refractivity contribution in [2.24, 2.45) is 5.92 Å². The average Bonchev–Trinajstić information content (AvgIpc) is 2.81. The van der Waals surface area contributed by atoms with Crippen LogP contribution in [0.3, 0.4) is 0 Å². The quantitative estimate of drug-likeness (QED) is 0.480. The van der Waals surface area contributed by atoms with Gasteiger partial charge in [0, 0.05) is 0 Å². The van der Waals surface area contributed by atoms with Crippen LogP contribution in [0.15, 0.2) is 23.8 Å². The molecule has 0 saturated carbocycles. The first kappa shape index (κ1) is 11.5. The van der Waals surface area contributed by atoms with E-state index < -0.39 is 0 Å². The number of epoxide rings is 1. The highest BCUT2D eigenvalue weighted by Crippen LogP contribution is 2.35. The van der Waals surface area contributed by atoms with E-state index in [1.165, 1.54) is 24.0 Å². The number of allylic oxidation sites excluding steroid dienone is 2. The van der Waals surface area contributed by atoms with Gasteiger partial charge in [-0.15, -0.1) is 0 Å². The SMILES string of the molecule is C=C(C)[C@H]1O[C@H]1C(C)CCC=C(C)C. The summed E-state index contributed by atoms with van der Waals surface area (Å²) in [4.78, 5) is 0. The van der Waals surface area contributed by atoms with E-state index in [2.05, 4.69) is 33.4 Å². The van der Waals surface area contributed by atoms with Crippen molar-refractivity contribution in [1.29, 1.82) is 0 Å². The summed E-state index contributed by atoms with van der Waals surface area (Å²) in [5.74, 6) is 0.660. The van der Waals surface area contributed by atoms with Crippen molar-refractivity contribution in [1.82, 2.24) is 0 Å². The Morgan fingerprint density at radius 3 is 2.50 bits per heavy atom. The van der Waals surface area contributed by atoms with Crippen LogP contribution >= 0.6 is 0 Å². The monoisotopic (exact) mass is 194 g/mol. The molecule has 1 aliphatic heterocycles. The first-order valence-corrected chi connectivity index (χ1v) is 5.46. The molecule has 0 spiro atoms. The minimum atomic E-state index is 0.344. The Labute approximate surface area is 87.8 Å². The van der Waals surface area contributed by atoms with Crippen LogP contribution in [0.5, 0.6) is 0 Å². The van der Waals surface area contributed by atoms with Crippen molar-refractivity contribution in [3.8, 4) is 0 Å². The minimum Gasteiger partial charge on any atom is -0.365 e. The third-order valence-corrected chi connectivity index (χ3v) is 2.75. The maximum atomic E-state index is 5.58. The Morgan fingerprint density at radius 1 is 1.43 bits per heavy atom. The molecule has 3 atom stereocenters. The number of hydrogen-bond acceptors (Lipinski definition) is 1. The van der Waals surface area contributed by atoms with E-state index in [-0.39, 0.29) is 0 Å². The maximum Gasteiger partial charge on any atom is 0.105 e. The largest absolute Gasteiger partial charge is 0.365 e. The van der Waals surface area contributed by atoms with Crippen LogP contribution < -0.4 is 0 Å². The summed E-state index contributed by atoms with van der Waals surface area (Å²) >= 11 is 0. The molecule has 0 aromatic rings. The lowest BCUT2D eigenvalue weighted by molar-refractivity contribution is 0.323. The first-order valence-electron chi connectivity index (χ1n) is 5.46. The van der Waals surface area contributed by atoms with Gasteiger partial charge >= 0.3 is 0 Å². The Kier molecular flexibility index (Phi) is 3.94. The minimum absolute atomic E-state index is 0.344. The Hall–Kier alpha value is -0.560. The van der Waals surface area contributed by atoms with E-state index in [0.29, 0.717) is 18.1 Å². The summed E-state index contributed by atoms with van der Waals surface area (Å²) in [6.45, 7) is 12.5. The molecule has 0 N–H and O–H groups in total. The van der Waals surface area contributed by atoms with Gasteiger partial charge in [-0.05, 0) is 45.1 Å². The summed E-state index contributed by atoms with van der Waals surface area (Å²) in [7, 11) is 0. The predicted molar refractivity (Wildman–Crippen MR) is 61.3 cm³/mol. The van der Waals surface area contributed by atoms with Crippen LogP contribution in [0.4, 0.5) is 0 Å². The molecule has 0 bridgehead atoms. The van der Waals surface area contributed by atoms with E-state index in [4.69, 9.17) is 4.74 Å². The molecule has 1 rings (SSSR count). The maximum absolute atomic E-state index is 5.58. The van der Waals surface area contributed by atoms with Gasteiger partial charge in [0.05, 0.1) is 6.10 Å². The lowest BCUT2D eigenvalue weighted by Crippen LogP contribution is -2.06. The zero-order valence-corrected chi connectivity index (χ0v) is 9.84. The third-order valence-electron chi connectivity index (χ3n) is 2.75. The third kappa shape index (κ3) is 3.30. The van der Waals surface area contributed by atoms with E-state index in [0.717, 1.165) is 0 Å². The molecular weight excluding hydrogens is 172 g/mol. The molecule has 0 aliphatic carbocycles. The van der Waals surface area contributed by atoms with Crippen LogP contribution in [-0.2, 0) is 4.74 Å².